The lowest BCUT2D eigenvalue weighted by Crippen LogP contribution is -2.59. The molecule has 3 aromatic heterocycles. The number of fused-ring (bicyclic) bond motifs is 1. The predicted octanol–water partition coefficient (Wildman–Crippen LogP) is 2.30. The number of imidazole rings is 1. The fourth-order valence-electron chi connectivity index (χ4n) is 4.49. The summed E-state index contributed by atoms with van der Waals surface area (Å²) in [5.41, 5.74) is -0.684. The second-order valence-electron chi connectivity index (χ2n) is 9.87. The van der Waals surface area contributed by atoms with E-state index in [1.54, 1.807) is 30.6 Å². The summed E-state index contributed by atoms with van der Waals surface area (Å²) in [6.07, 6.45) is -0.423. The summed E-state index contributed by atoms with van der Waals surface area (Å²) in [7, 11) is -4.38. The lowest BCUT2D eigenvalue weighted by Gasteiger charge is -2.39. The number of hydrogen-bond acceptors (Lipinski definition) is 9. The highest BCUT2D eigenvalue weighted by molar-refractivity contribution is 7.89. The predicted molar refractivity (Wildman–Crippen MR) is 132 cm³/mol. The zero-order valence-corrected chi connectivity index (χ0v) is 22.5. The van der Waals surface area contributed by atoms with Crippen LogP contribution < -0.4 is 9.62 Å². The Morgan fingerprint density at radius 3 is 2.42 bits per heavy atom. The number of amides is 1. The zero-order valence-electron chi connectivity index (χ0n) is 20.8. The molecule has 0 aromatic carbocycles. The van der Waals surface area contributed by atoms with Crippen molar-refractivity contribution in [3.8, 4) is 10.8 Å². The van der Waals surface area contributed by atoms with E-state index in [1.165, 1.54) is 10.6 Å². The number of anilines is 1. The standard InChI is InChI=1S/C22H26F3N7O4S2/c1-12(2)21(33)31-6-4-30(5-7-31)16-13-8-26-18(20-28-27-19(37-20)17(24)25)32(13)9-14(15(16)23)38(34,35)29-22(3)10-36-11-22/h8-9,12,17,29H,4-7,10-11H2,1-3H3. The Hall–Kier alpha value is -2.82. The molecule has 11 nitrogen and oxygen atoms in total. The van der Waals surface area contributed by atoms with E-state index in [1.807, 2.05) is 0 Å². The largest absolute Gasteiger partial charge is 0.377 e. The minimum absolute atomic E-state index is 0.0168. The van der Waals surface area contributed by atoms with E-state index in [-0.39, 0.29) is 60.2 Å². The van der Waals surface area contributed by atoms with Crippen LogP contribution in [0.2, 0.25) is 0 Å². The summed E-state index contributed by atoms with van der Waals surface area (Å²) in [6, 6.07) is 0. The molecular weight excluding hydrogens is 547 g/mol. The van der Waals surface area contributed by atoms with Crippen LogP contribution in [0.4, 0.5) is 18.9 Å². The quantitative estimate of drug-likeness (QED) is 0.457. The SMILES string of the molecule is CC(C)C(=O)N1CCN(c2c(F)c(S(=O)(=O)NC3(C)COC3)cn3c(-c4nnc(C(F)F)s4)ncc23)CC1. The van der Waals surface area contributed by atoms with Crippen LogP contribution in [0.15, 0.2) is 17.3 Å². The van der Waals surface area contributed by atoms with Gasteiger partial charge in [0.05, 0.1) is 30.5 Å². The fourth-order valence-corrected chi connectivity index (χ4v) is 6.64. The number of nitrogens with zero attached hydrogens (tertiary/aromatic N) is 6. The van der Waals surface area contributed by atoms with E-state index >= 15 is 4.39 Å². The second kappa shape index (κ2) is 9.73. The Labute approximate surface area is 220 Å². The monoisotopic (exact) mass is 573 g/mol. The number of rotatable bonds is 7. The Bertz CT molecular complexity index is 1480. The highest BCUT2D eigenvalue weighted by Crippen LogP contribution is 2.36. The van der Waals surface area contributed by atoms with Gasteiger partial charge < -0.3 is 14.5 Å². The fraction of sp³-hybridized carbons (Fsp3) is 0.545. The number of piperazine rings is 1. The first kappa shape index (κ1) is 26.8. The van der Waals surface area contributed by atoms with Crippen molar-refractivity contribution in [2.45, 2.75) is 37.6 Å². The summed E-state index contributed by atoms with van der Waals surface area (Å²) in [5, 5.41) is 6.78. The van der Waals surface area contributed by atoms with Gasteiger partial charge in [-0.05, 0) is 6.92 Å². The Morgan fingerprint density at radius 2 is 1.87 bits per heavy atom. The summed E-state index contributed by atoms with van der Waals surface area (Å²) in [6.45, 7) is 6.65. The van der Waals surface area contributed by atoms with Gasteiger partial charge in [0, 0.05) is 38.3 Å². The summed E-state index contributed by atoms with van der Waals surface area (Å²) >= 11 is 0.613. The Kier molecular flexibility index (Phi) is 6.86. The van der Waals surface area contributed by atoms with Gasteiger partial charge in [-0.15, -0.1) is 10.2 Å². The second-order valence-corrected chi connectivity index (χ2v) is 12.5. The van der Waals surface area contributed by atoms with Crippen LogP contribution in [-0.4, -0.2) is 83.7 Å². The minimum atomic E-state index is -4.38. The molecule has 2 fully saturated rings. The number of carbonyl (C=O) groups excluding carboxylic acids is 1. The molecule has 2 aliphatic heterocycles. The summed E-state index contributed by atoms with van der Waals surface area (Å²) in [4.78, 5) is 19.4. The van der Waals surface area contributed by atoms with Crippen LogP contribution in [0.25, 0.3) is 16.3 Å². The minimum Gasteiger partial charge on any atom is -0.377 e. The smallest absolute Gasteiger partial charge is 0.291 e. The Balaban J connectivity index is 1.61. The number of halogens is 3. The van der Waals surface area contributed by atoms with Crippen LogP contribution >= 0.6 is 11.3 Å². The zero-order chi connectivity index (χ0) is 27.4. The molecule has 0 aliphatic carbocycles. The van der Waals surface area contributed by atoms with Crippen molar-refractivity contribution >= 4 is 38.5 Å². The molecule has 16 heteroatoms. The number of alkyl halides is 2. The van der Waals surface area contributed by atoms with Crippen molar-refractivity contribution in [1.82, 2.24) is 29.2 Å². The maximum absolute atomic E-state index is 16.1. The molecule has 5 heterocycles. The third-order valence-corrected chi connectivity index (χ3v) is 8.99. The molecular formula is C22H26F3N7O4S2. The van der Waals surface area contributed by atoms with E-state index in [0.29, 0.717) is 24.4 Å². The average molecular weight is 574 g/mol. The molecule has 1 N–H and O–H groups in total. The van der Waals surface area contributed by atoms with Crippen molar-refractivity contribution in [2.24, 2.45) is 5.92 Å². The van der Waals surface area contributed by atoms with Gasteiger partial charge in [-0.3, -0.25) is 9.20 Å². The Morgan fingerprint density at radius 1 is 1.18 bits per heavy atom. The lowest BCUT2D eigenvalue weighted by molar-refractivity contribution is -0.134. The van der Waals surface area contributed by atoms with Gasteiger partial charge in [0.1, 0.15) is 10.6 Å². The molecule has 0 spiro atoms. The van der Waals surface area contributed by atoms with Crippen LogP contribution in [0, 0.1) is 11.7 Å². The number of ether oxygens (including phenoxy) is 1. The topological polar surface area (TPSA) is 122 Å². The molecule has 3 aromatic rings. The average Bonchev–Trinajstić information content (AvgIpc) is 3.49. The molecule has 0 bridgehead atoms. The normalized spacial score (nSPS) is 18.0. The van der Waals surface area contributed by atoms with Crippen LogP contribution in [-0.2, 0) is 19.6 Å². The summed E-state index contributed by atoms with van der Waals surface area (Å²) in [5.74, 6) is -1.14. The van der Waals surface area contributed by atoms with E-state index in [0.717, 1.165) is 6.20 Å². The maximum atomic E-state index is 16.1. The van der Waals surface area contributed by atoms with E-state index in [2.05, 4.69) is 19.9 Å². The molecule has 1 amide bonds. The molecule has 0 radical (unpaired) electrons. The molecule has 206 valence electrons. The molecule has 5 rings (SSSR count). The molecule has 0 unspecified atom stereocenters. The van der Waals surface area contributed by atoms with Gasteiger partial charge in [0.15, 0.2) is 21.7 Å². The third-order valence-electron chi connectivity index (χ3n) is 6.44. The van der Waals surface area contributed by atoms with Crippen LogP contribution in [0.3, 0.4) is 0 Å². The van der Waals surface area contributed by atoms with Gasteiger partial charge in [-0.2, -0.15) is 0 Å². The number of pyridine rings is 1. The highest BCUT2D eigenvalue weighted by atomic mass is 32.2. The van der Waals surface area contributed by atoms with Crippen LogP contribution in [0.5, 0.6) is 0 Å². The third kappa shape index (κ3) is 4.74. The summed E-state index contributed by atoms with van der Waals surface area (Å²) < 4.78 is 78.2. The van der Waals surface area contributed by atoms with Crippen LogP contribution in [0.1, 0.15) is 32.2 Å². The first-order chi connectivity index (χ1) is 17.9. The van der Waals surface area contributed by atoms with E-state index in [4.69, 9.17) is 4.74 Å². The first-order valence-electron chi connectivity index (χ1n) is 11.9. The number of carbonyl (C=O) groups is 1. The van der Waals surface area contributed by atoms with E-state index in [9.17, 15) is 22.0 Å². The number of hydrogen-bond donors (Lipinski definition) is 1. The highest BCUT2D eigenvalue weighted by Gasteiger charge is 2.40. The van der Waals surface area contributed by atoms with Gasteiger partial charge in [-0.25, -0.2) is 31.3 Å². The molecule has 0 saturated carbocycles. The van der Waals surface area contributed by atoms with Gasteiger partial charge in [-0.1, -0.05) is 25.2 Å². The maximum Gasteiger partial charge on any atom is 0.291 e. The van der Waals surface area contributed by atoms with Gasteiger partial charge in [0.25, 0.3) is 6.43 Å². The molecule has 0 atom stereocenters. The van der Waals surface area contributed by atoms with Crippen molar-refractivity contribution < 1.29 is 31.1 Å². The van der Waals surface area contributed by atoms with Gasteiger partial charge in [0.2, 0.25) is 15.9 Å². The van der Waals surface area contributed by atoms with Gasteiger partial charge >= 0.3 is 0 Å². The molecule has 2 aliphatic rings. The van der Waals surface area contributed by atoms with E-state index < -0.39 is 37.7 Å². The molecule has 38 heavy (non-hydrogen) atoms. The van der Waals surface area contributed by atoms with Crippen molar-refractivity contribution in [3.63, 3.8) is 0 Å². The van der Waals surface area contributed by atoms with Crippen molar-refractivity contribution in [1.29, 1.82) is 0 Å². The number of aromatic nitrogens is 4. The van der Waals surface area contributed by atoms with Crippen molar-refractivity contribution in [3.05, 3.63) is 23.2 Å². The molecule has 2 saturated heterocycles. The number of nitrogens with one attached hydrogen (secondary N) is 1. The lowest BCUT2D eigenvalue weighted by atomic mass is 10.0. The van der Waals surface area contributed by atoms with Crippen molar-refractivity contribution in [2.75, 3.05) is 44.3 Å². The first-order valence-corrected chi connectivity index (χ1v) is 14.2. The number of sulfonamides is 1.